The Morgan fingerprint density at radius 2 is 1.85 bits per heavy atom. The van der Waals surface area contributed by atoms with Crippen LogP contribution in [-0.2, 0) is 16.1 Å². The summed E-state index contributed by atoms with van der Waals surface area (Å²) in [5.41, 5.74) is 2.97. The summed E-state index contributed by atoms with van der Waals surface area (Å²) in [6.07, 6.45) is -1.13. The van der Waals surface area contributed by atoms with Crippen LogP contribution in [0, 0.1) is 0 Å². The second kappa shape index (κ2) is 9.35. The summed E-state index contributed by atoms with van der Waals surface area (Å²) >= 11 is 0. The quantitative estimate of drug-likeness (QED) is 0.622. The summed E-state index contributed by atoms with van der Waals surface area (Å²) in [5.74, 6) is -0.388. The zero-order chi connectivity index (χ0) is 22.6. The Hall–Kier alpha value is -3.82. The first-order valence-corrected chi connectivity index (χ1v) is 10.8. The number of benzodiazepines with no additional fused rings is 1. The number of nitrogens with one attached hydrogen (secondary N) is 2. The van der Waals surface area contributed by atoms with Gasteiger partial charge in [-0.15, -0.1) is 0 Å². The predicted molar refractivity (Wildman–Crippen MR) is 121 cm³/mol. The summed E-state index contributed by atoms with van der Waals surface area (Å²) in [6, 6.07) is 18.6. The van der Waals surface area contributed by atoms with Gasteiger partial charge in [0.15, 0.2) is 11.5 Å². The molecule has 0 bridgehead atoms. The van der Waals surface area contributed by atoms with Crippen LogP contribution >= 0.6 is 0 Å². The van der Waals surface area contributed by atoms with Crippen molar-refractivity contribution >= 4 is 23.2 Å². The maximum Gasteiger partial charge on any atom is 0.275 e. The number of amides is 2. The van der Waals surface area contributed by atoms with Crippen molar-refractivity contribution in [3.05, 3.63) is 83.2 Å². The van der Waals surface area contributed by atoms with Crippen molar-refractivity contribution in [3.63, 3.8) is 0 Å². The molecule has 1 saturated heterocycles. The number of fused-ring (bicyclic) bond motifs is 1. The molecule has 0 radical (unpaired) electrons. The first kappa shape index (κ1) is 21.0. The maximum atomic E-state index is 12.9. The Morgan fingerprint density at radius 3 is 2.67 bits per heavy atom. The SMILES string of the molecule is O=C(N[C@H]1N=C(c2ccccc2)c2ccccc2NC1=O)c1cc(CN2CCOCC2)on1. The van der Waals surface area contributed by atoms with Crippen molar-refractivity contribution in [2.75, 3.05) is 31.6 Å². The number of aliphatic imine (C=N–C) groups is 1. The van der Waals surface area contributed by atoms with Gasteiger partial charge in [0.05, 0.1) is 31.2 Å². The molecule has 2 aliphatic rings. The number of nitrogens with zero attached hydrogens (tertiary/aromatic N) is 3. The van der Waals surface area contributed by atoms with Gasteiger partial charge in [0.25, 0.3) is 11.8 Å². The molecule has 1 aromatic heterocycles. The van der Waals surface area contributed by atoms with Crippen LogP contribution < -0.4 is 10.6 Å². The average Bonchev–Trinajstić information content (AvgIpc) is 3.26. The number of carbonyl (C=O) groups excluding carboxylic acids is 2. The Labute approximate surface area is 190 Å². The van der Waals surface area contributed by atoms with Gasteiger partial charge in [-0.3, -0.25) is 14.5 Å². The Balaban J connectivity index is 1.37. The van der Waals surface area contributed by atoms with Crippen LogP contribution in [-0.4, -0.2) is 60.1 Å². The van der Waals surface area contributed by atoms with E-state index in [9.17, 15) is 9.59 Å². The largest absolute Gasteiger partial charge is 0.379 e. The fourth-order valence-corrected chi connectivity index (χ4v) is 3.85. The highest BCUT2D eigenvalue weighted by Gasteiger charge is 2.28. The lowest BCUT2D eigenvalue weighted by molar-refractivity contribution is -0.117. The lowest BCUT2D eigenvalue weighted by Crippen LogP contribution is -2.42. The van der Waals surface area contributed by atoms with Gasteiger partial charge in [0, 0.05) is 30.3 Å². The van der Waals surface area contributed by atoms with E-state index in [1.807, 2.05) is 54.6 Å². The molecule has 5 rings (SSSR count). The van der Waals surface area contributed by atoms with Gasteiger partial charge in [0.2, 0.25) is 6.17 Å². The van der Waals surface area contributed by atoms with E-state index in [4.69, 9.17) is 9.26 Å². The Morgan fingerprint density at radius 1 is 1.09 bits per heavy atom. The molecule has 0 spiro atoms. The molecular weight excluding hydrogens is 422 g/mol. The first-order valence-electron chi connectivity index (χ1n) is 10.8. The van der Waals surface area contributed by atoms with Gasteiger partial charge in [-0.25, -0.2) is 4.99 Å². The number of para-hydroxylation sites is 1. The summed E-state index contributed by atoms with van der Waals surface area (Å²) < 4.78 is 10.7. The second-order valence-corrected chi connectivity index (χ2v) is 7.82. The molecule has 3 heterocycles. The smallest absolute Gasteiger partial charge is 0.275 e. The molecule has 0 unspecified atom stereocenters. The third-order valence-electron chi connectivity index (χ3n) is 5.54. The molecule has 0 saturated carbocycles. The monoisotopic (exact) mass is 445 g/mol. The van der Waals surface area contributed by atoms with Gasteiger partial charge in [-0.1, -0.05) is 53.7 Å². The molecule has 2 aliphatic heterocycles. The minimum Gasteiger partial charge on any atom is -0.379 e. The second-order valence-electron chi connectivity index (χ2n) is 7.82. The van der Waals surface area contributed by atoms with Crippen molar-refractivity contribution in [3.8, 4) is 0 Å². The number of morpholine rings is 1. The van der Waals surface area contributed by atoms with Gasteiger partial charge < -0.3 is 19.9 Å². The molecule has 9 heteroatoms. The molecule has 3 aromatic rings. The van der Waals surface area contributed by atoms with Crippen LogP contribution in [0.4, 0.5) is 5.69 Å². The van der Waals surface area contributed by atoms with Crippen LogP contribution in [0.25, 0.3) is 0 Å². The first-order chi connectivity index (χ1) is 16.2. The molecular formula is C24H23N5O4. The maximum absolute atomic E-state index is 12.9. The number of hydrogen-bond donors (Lipinski definition) is 2. The molecule has 0 aliphatic carbocycles. The van der Waals surface area contributed by atoms with Gasteiger partial charge in [-0.05, 0) is 6.07 Å². The predicted octanol–water partition coefficient (Wildman–Crippen LogP) is 2.05. The molecule has 9 nitrogen and oxygen atoms in total. The molecule has 2 aromatic carbocycles. The number of carbonyl (C=O) groups is 2. The van der Waals surface area contributed by atoms with Crippen molar-refractivity contribution in [2.45, 2.75) is 12.7 Å². The van der Waals surface area contributed by atoms with Crippen molar-refractivity contribution in [1.29, 1.82) is 0 Å². The minimum atomic E-state index is -1.13. The molecule has 33 heavy (non-hydrogen) atoms. The van der Waals surface area contributed by atoms with Gasteiger partial charge in [-0.2, -0.15) is 0 Å². The minimum absolute atomic E-state index is 0.101. The molecule has 168 valence electrons. The van der Waals surface area contributed by atoms with Crippen molar-refractivity contribution in [2.24, 2.45) is 4.99 Å². The number of hydrogen-bond acceptors (Lipinski definition) is 7. The van der Waals surface area contributed by atoms with Crippen LogP contribution in [0.5, 0.6) is 0 Å². The lowest BCUT2D eigenvalue weighted by atomic mass is 10.0. The van der Waals surface area contributed by atoms with E-state index in [0.717, 1.165) is 24.2 Å². The standard InChI is InChI=1S/C24H23N5O4/c30-23(20-14-17(33-28-20)15-29-10-12-32-13-11-29)27-22-24(31)25-19-9-5-4-8-18(19)21(26-22)16-6-2-1-3-7-16/h1-9,14,22H,10-13,15H2,(H,25,31)(H,27,30)/t22-/m1/s1. The van der Waals surface area contributed by atoms with E-state index in [-0.39, 0.29) is 5.69 Å². The molecule has 1 atom stereocenters. The van der Waals surface area contributed by atoms with Crippen LogP contribution in [0.3, 0.4) is 0 Å². The zero-order valence-electron chi connectivity index (χ0n) is 17.9. The highest BCUT2D eigenvalue weighted by Crippen LogP contribution is 2.23. The van der Waals surface area contributed by atoms with E-state index < -0.39 is 18.0 Å². The number of anilines is 1. The van der Waals surface area contributed by atoms with Gasteiger partial charge in [0.1, 0.15) is 0 Å². The van der Waals surface area contributed by atoms with Crippen molar-refractivity contribution < 1.29 is 18.8 Å². The zero-order valence-corrected chi connectivity index (χ0v) is 17.9. The summed E-state index contributed by atoms with van der Waals surface area (Å²) in [7, 11) is 0. The highest BCUT2D eigenvalue weighted by atomic mass is 16.5. The third kappa shape index (κ3) is 4.69. The number of benzene rings is 2. The number of ether oxygens (including phenoxy) is 1. The van der Waals surface area contributed by atoms with E-state index in [1.165, 1.54) is 0 Å². The normalized spacial score (nSPS) is 18.6. The average molecular weight is 445 g/mol. The van der Waals surface area contributed by atoms with Gasteiger partial charge >= 0.3 is 0 Å². The number of aromatic nitrogens is 1. The third-order valence-corrected chi connectivity index (χ3v) is 5.54. The summed E-state index contributed by atoms with van der Waals surface area (Å²) in [4.78, 5) is 32.6. The Kier molecular flexibility index (Phi) is 5.97. The molecule has 2 amide bonds. The topological polar surface area (TPSA) is 109 Å². The highest BCUT2D eigenvalue weighted by molar-refractivity contribution is 6.20. The van der Waals surface area contributed by atoms with E-state index in [1.54, 1.807) is 6.07 Å². The van der Waals surface area contributed by atoms with Crippen LogP contribution in [0.1, 0.15) is 27.4 Å². The lowest BCUT2D eigenvalue weighted by Gasteiger charge is -2.25. The summed E-state index contributed by atoms with van der Waals surface area (Å²) in [6.45, 7) is 3.47. The van der Waals surface area contributed by atoms with Crippen LogP contribution in [0.2, 0.25) is 0 Å². The molecule has 2 N–H and O–H groups in total. The summed E-state index contributed by atoms with van der Waals surface area (Å²) in [5, 5.41) is 9.43. The fourth-order valence-electron chi connectivity index (χ4n) is 3.85. The molecule has 1 fully saturated rings. The van der Waals surface area contributed by atoms with E-state index >= 15 is 0 Å². The van der Waals surface area contributed by atoms with E-state index in [0.29, 0.717) is 36.9 Å². The number of rotatable bonds is 5. The Bertz CT molecular complexity index is 1180. The van der Waals surface area contributed by atoms with Crippen molar-refractivity contribution in [1.82, 2.24) is 15.4 Å². The van der Waals surface area contributed by atoms with E-state index in [2.05, 4.69) is 25.7 Å². The van der Waals surface area contributed by atoms with Crippen LogP contribution in [0.15, 0.2) is 70.2 Å². The fraction of sp³-hybridized carbons (Fsp3) is 0.250.